The van der Waals surface area contributed by atoms with Crippen LogP contribution < -0.4 is 0 Å². The Labute approximate surface area is 330 Å². The molecule has 0 amide bonds. The van der Waals surface area contributed by atoms with Crippen molar-refractivity contribution in [1.29, 1.82) is 0 Å². The van der Waals surface area contributed by atoms with Crippen molar-refractivity contribution in [2.45, 2.75) is 0 Å². The summed E-state index contributed by atoms with van der Waals surface area (Å²) in [5.74, 6) is 1.51. The van der Waals surface area contributed by atoms with E-state index in [4.69, 9.17) is 0 Å². The molecule has 8 heterocycles. The van der Waals surface area contributed by atoms with Crippen molar-refractivity contribution in [2.24, 2.45) is 0 Å². The van der Waals surface area contributed by atoms with Crippen molar-refractivity contribution in [1.82, 2.24) is 49.8 Å². The second-order valence-electron chi connectivity index (χ2n) is 11.9. The molecule has 10 rings (SSSR count). The summed E-state index contributed by atoms with van der Waals surface area (Å²) in [4.78, 5) is 41.8. The molecule has 0 spiro atoms. The summed E-state index contributed by atoms with van der Waals surface area (Å²) in [6.45, 7) is 0. The third-order valence-corrected chi connectivity index (χ3v) is 8.30. The number of fused-ring (bicyclic) bond motifs is 2. The van der Waals surface area contributed by atoms with Crippen LogP contribution in [0.3, 0.4) is 0 Å². The number of hydrogen-bond donors (Lipinski definition) is 2. The Balaban J connectivity index is 0.000000153. The maximum atomic E-state index is 4.66. The van der Waals surface area contributed by atoms with Crippen molar-refractivity contribution in [3.05, 3.63) is 183 Å². The van der Waals surface area contributed by atoms with E-state index >= 15 is 0 Å². The van der Waals surface area contributed by atoms with E-state index in [1.54, 1.807) is 37.2 Å². The van der Waals surface area contributed by atoms with E-state index < -0.39 is 0 Å². The molecule has 0 saturated heterocycles. The summed E-state index contributed by atoms with van der Waals surface area (Å²) >= 11 is 0. The molecule has 2 aromatic carbocycles. The number of para-hydroxylation sites is 4. The number of rotatable bonds is 5. The molecule has 0 radical (unpaired) electrons. The smallest absolute Gasteiger partial charge is 0.157 e. The van der Waals surface area contributed by atoms with E-state index in [1.807, 2.05) is 146 Å². The maximum absolute atomic E-state index is 4.66. The van der Waals surface area contributed by atoms with E-state index in [2.05, 4.69) is 49.8 Å². The van der Waals surface area contributed by atoms with Gasteiger partial charge in [0.15, 0.2) is 11.6 Å². The van der Waals surface area contributed by atoms with Crippen LogP contribution in [0, 0.1) is 0 Å². The summed E-state index contributed by atoms with van der Waals surface area (Å²) in [6, 6.07) is 47.2. The first kappa shape index (κ1) is 36.3. The van der Waals surface area contributed by atoms with Gasteiger partial charge in [-0.2, -0.15) is 0 Å². The summed E-state index contributed by atoms with van der Waals surface area (Å²) in [7, 11) is 0. The zero-order chi connectivity index (χ0) is 36.4. The van der Waals surface area contributed by atoms with Crippen LogP contribution in [0.5, 0.6) is 0 Å². The van der Waals surface area contributed by atoms with Gasteiger partial charge in [0.05, 0.1) is 44.8 Å². The molecule has 2 N–H and O–H groups in total. The molecule has 0 atom stereocenters. The Morgan fingerprint density at radius 2 is 0.636 bits per heavy atom. The Morgan fingerprint density at radius 3 is 0.964 bits per heavy atom. The topological polar surface area (TPSA) is 135 Å². The van der Waals surface area contributed by atoms with E-state index in [-0.39, 0.29) is 19.8 Å². The van der Waals surface area contributed by atoms with Gasteiger partial charge >= 0.3 is 0 Å². The average Bonchev–Trinajstić information content (AvgIpc) is 3.91. The number of pyridine rings is 6. The molecule has 0 unspecified atom stereocenters. The first-order valence-corrected chi connectivity index (χ1v) is 17.2. The molecule has 55 heavy (non-hydrogen) atoms. The molecule has 266 valence electrons. The molecule has 8 aromatic heterocycles. The third-order valence-electron chi connectivity index (χ3n) is 8.30. The van der Waals surface area contributed by atoms with Crippen LogP contribution >= 0.6 is 0 Å². The molecule has 0 fully saturated rings. The number of benzene rings is 2. The first-order chi connectivity index (χ1) is 26.8. The molecule has 0 saturated carbocycles. The summed E-state index contributed by atoms with van der Waals surface area (Å²) < 4.78 is 0. The Hall–Kier alpha value is -7.08. The number of imidazole rings is 2. The average molecular weight is 891 g/mol. The van der Waals surface area contributed by atoms with Gasteiger partial charge in [-0.1, -0.05) is 48.5 Å². The zero-order valence-corrected chi connectivity index (χ0v) is 31.8. The van der Waals surface area contributed by atoms with Gasteiger partial charge in [-0.3, -0.25) is 29.9 Å². The second-order valence-corrected chi connectivity index (χ2v) is 11.9. The SMILES string of the molecule is [Os].c1ccc(-c2ccccn2)nc1.c1ccc(-c2ccccn2)nc1.c1ccc2[nH]c(-c3cc(-c4ccnc(-c5nc6ccccc6[nH]5)c4)ccn3)nc2c1. The first-order valence-electron chi connectivity index (χ1n) is 17.2. The van der Waals surface area contributed by atoms with Crippen LogP contribution in [-0.2, 0) is 19.8 Å². The molecule has 0 bridgehead atoms. The third kappa shape index (κ3) is 8.94. The minimum absolute atomic E-state index is 0. The van der Waals surface area contributed by atoms with Crippen LogP contribution in [0.15, 0.2) is 183 Å². The van der Waals surface area contributed by atoms with Crippen molar-refractivity contribution >= 4 is 22.1 Å². The van der Waals surface area contributed by atoms with E-state index in [0.29, 0.717) is 0 Å². The fourth-order valence-electron chi connectivity index (χ4n) is 5.68. The number of nitrogens with zero attached hydrogens (tertiary/aromatic N) is 8. The van der Waals surface area contributed by atoms with Crippen LogP contribution in [-0.4, -0.2) is 49.8 Å². The molecule has 0 aliphatic heterocycles. The van der Waals surface area contributed by atoms with Crippen LogP contribution in [0.25, 0.3) is 79.0 Å². The van der Waals surface area contributed by atoms with Gasteiger partial charge in [0.1, 0.15) is 11.4 Å². The molecular weight excluding hydrogens is 859 g/mol. The van der Waals surface area contributed by atoms with Crippen LogP contribution in [0.2, 0.25) is 0 Å². The Morgan fingerprint density at radius 1 is 0.309 bits per heavy atom. The van der Waals surface area contributed by atoms with Crippen molar-refractivity contribution in [2.75, 3.05) is 0 Å². The second kappa shape index (κ2) is 17.6. The van der Waals surface area contributed by atoms with Crippen molar-refractivity contribution < 1.29 is 19.8 Å². The minimum Gasteiger partial charge on any atom is -0.337 e. The molecular formula is C44H32N10Os. The predicted octanol–water partition coefficient (Wildman–Crippen LogP) is 9.51. The molecule has 10 aromatic rings. The number of nitrogens with one attached hydrogen (secondary N) is 2. The fraction of sp³-hybridized carbons (Fsp3) is 0. The fourth-order valence-corrected chi connectivity index (χ4v) is 5.68. The van der Waals surface area contributed by atoms with Crippen molar-refractivity contribution in [3.63, 3.8) is 0 Å². The Bertz CT molecular complexity index is 2390. The van der Waals surface area contributed by atoms with Gasteiger partial charge in [-0.15, -0.1) is 0 Å². The van der Waals surface area contributed by atoms with E-state index in [0.717, 1.165) is 79.0 Å². The minimum atomic E-state index is 0. The molecule has 0 aliphatic rings. The number of aromatic amines is 2. The van der Waals surface area contributed by atoms with Gasteiger partial charge in [-0.25, -0.2) is 9.97 Å². The summed E-state index contributed by atoms with van der Waals surface area (Å²) in [5, 5.41) is 0. The van der Waals surface area contributed by atoms with Gasteiger partial charge in [0.2, 0.25) is 0 Å². The van der Waals surface area contributed by atoms with Crippen LogP contribution in [0.1, 0.15) is 0 Å². The van der Waals surface area contributed by atoms with Crippen LogP contribution in [0.4, 0.5) is 0 Å². The summed E-state index contributed by atoms with van der Waals surface area (Å²) in [6.07, 6.45) is 10.7. The van der Waals surface area contributed by atoms with E-state index in [9.17, 15) is 0 Å². The number of aromatic nitrogens is 10. The van der Waals surface area contributed by atoms with Gasteiger partial charge in [0, 0.05) is 57.0 Å². The Kier molecular flexibility index (Phi) is 11.6. The quantitative estimate of drug-likeness (QED) is 0.175. The number of hydrogen-bond acceptors (Lipinski definition) is 8. The van der Waals surface area contributed by atoms with Crippen molar-refractivity contribution in [3.8, 4) is 56.9 Å². The largest absolute Gasteiger partial charge is 0.337 e. The zero-order valence-electron chi connectivity index (χ0n) is 29.3. The van der Waals surface area contributed by atoms with Gasteiger partial charge in [-0.05, 0) is 108 Å². The maximum Gasteiger partial charge on any atom is 0.157 e. The van der Waals surface area contributed by atoms with Gasteiger partial charge < -0.3 is 9.97 Å². The molecule has 10 nitrogen and oxygen atoms in total. The molecule has 0 aliphatic carbocycles. The van der Waals surface area contributed by atoms with E-state index in [1.165, 1.54) is 0 Å². The standard InChI is InChI=1S/C24H16N6.2C10H8N2.Os/c1-2-6-18-17(5-1)27-23(28-18)21-13-15(9-11-25-21)16-10-12-26-22(14-16)24-29-19-7-3-4-8-20(19)30-24;2*1-3-7-11-9(5-1)10-6-2-4-8-12-10;/h1-14H,(H,27,28)(H,29,30);2*1-8H;. The molecule has 11 heteroatoms. The monoisotopic (exact) mass is 892 g/mol. The summed E-state index contributed by atoms with van der Waals surface area (Å²) in [5.41, 5.74) is 11.2. The predicted molar refractivity (Wildman–Crippen MR) is 213 cm³/mol. The number of H-pyrrole nitrogens is 2. The van der Waals surface area contributed by atoms with Gasteiger partial charge in [0.25, 0.3) is 0 Å². The normalized spacial score (nSPS) is 10.4.